The number of methoxy groups -OCH3 is 1. The smallest absolute Gasteiger partial charge is 0.167 e. The minimum atomic E-state index is -0.0494. The molecule has 0 saturated carbocycles. The van der Waals surface area contributed by atoms with Crippen LogP contribution in [-0.2, 0) is 12.8 Å². The van der Waals surface area contributed by atoms with E-state index in [-0.39, 0.29) is 23.3 Å². The second kappa shape index (κ2) is 11.9. The van der Waals surface area contributed by atoms with Crippen LogP contribution in [0.25, 0.3) is 0 Å². The molecule has 0 bridgehead atoms. The lowest BCUT2D eigenvalue weighted by Gasteiger charge is -2.36. The van der Waals surface area contributed by atoms with Crippen molar-refractivity contribution in [2.24, 2.45) is 0 Å². The molecule has 0 aromatic heterocycles. The van der Waals surface area contributed by atoms with Gasteiger partial charge in [-0.15, -0.1) is 0 Å². The molecule has 3 rings (SSSR count). The van der Waals surface area contributed by atoms with E-state index in [2.05, 4.69) is 17.4 Å². The average Bonchev–Trinajstić information content (AvgIpc) is 2.82. The SMILES string of the molecule is CCCCCCN(NCCC(=O)c1ccccc1OC)C1CCc2c(ccc(O)c2O)C1. The first-order chi connectivity index (χ1) is 15.5. The van der Waals surface area contributed by atoms with E-state index in [0.717, 1.165) is 43.4 Å². The number of hydrogen-bond donors (Lipinski definition) is 3. The molecule has 2 aromatic rings. The summed E-state index contributed by atoms with van der Waals surface area (Å²) in [7, 11) is 1.58. The topological polar surface area (TPSA) is 82.0 Å². The molecule has 0 saturated heterocycles. The number of ketones is 1. The number of nitrogens with one attached hydrogen (secondary N) is 1. The van der Waals surface area contributed by atoms with Gasteiger partial charge in [-0.1, -0.05) is 44.4 Å². The van der Waals surface area contributed by atoms with E-state index in [1.54, 1.807) is 13.2 Å². The van der Waals surface area contributed by atoms with E-state index in [1.807, 2.05) is 30.3 Å². The zero-order valence-corrected chi connectivity index (χ0v) is 19.3. The summed E-state index contributed by atoms with van der Waals surface area (Å²) in [5.74, 6) is 0.647. The van der Waals surface area contributed by atoms with Crippen molar-refractivity contribution in [3.05, 3.63) is 53.1 Å². The number of hydrazine groups is 1. The van der Waals surface area contributed by atoms with Crippen molar-refractivity contribution in [2.45, 2.75) is 64.3 Å². The molecule has 2 aromatic carbocycles. The zero-order chi connectivity index (χ0) is 22.9. The van der Waals surface area contributed by atoms with Crippen LogP contribution < -0.4 is 10.2 Å². The third kappa shape index (κ3) is 6.02. The summed E-state index contributed by atoms with van der Waals surface area (Å²) in [6.07, 6.45) is 7.53. The molecule has 1 unspecified atom stereocenters. The standard InChI is InChI=1S/C26H36N2O4/c1-3-4-5-8-17-28(20-12-13-21-19(18-20)11-14-24(30)26(21)31)27-16-15-23(29)22-9-6-7-10-25(22)32-2/h6-7,9-11,14,20,27,30-31H,3-5,8,12-13,15-18H2,1-2H3. The summed E-state index contributed by atoms with van der Waals surface area (Å²) in [6, 6.07) is 11.1. The number of carbonyl (C=O) groups is 1. The van der Waals surface area contributed by atoms with Crippen molar-refractivity contribution in [1.29, 1.82) is 0 Å². The summed E-state index contributed by atoms with van der Waals surface area (Å²) < 4.78 is 5.33. The van der Waals surface area contributed by atoms with Gasteiger partial charge in [-0.05, 0) is 49.4 Å². The van der Waals surface area contributed by atoms with E-state index < -0.39 is 0 Å². The van der Waals surface area contributed by atoms with Gasteiger partial charge in [0.15, 0.2) is 17.3 Å². The number of rotatable bonds is 12. The van der Waals surface area contributed by atoms with Crippen molar-refractivity contribution in [3.8, 4) is 17.2 Å². The van der Waals surface area contributed by atoms with Gasteiger partial charge in [0.1, 0.15) is 5.75 Å². The van der Waals surface area contributed by atoms with Gasteiger partial charge in [0.2, 0.25) is 0 Å². The van der Waals surface area contributed by atoms with Gasteiger partial charge < -0.3 is 14.9 Å². The number of phenols is 2. The fourth-order valence-corrected chi connectivity index (χ4v) is 4.49. The normalized spacial score (nSPS) is 15.5. The number of carbonyl (C=O) groups excluding carboxylic acids is 1. The Balaban J connectivity index is 1.62. The second-order valence-electron chi connectivity index (χ2n) is 8.50. The van der Waals surface area contributed by atoms with E-state index in [0.29, 0.717) is 24.3 Å². The van der Waals surface area contributed by atoms with Crippen LogP contribution in [0.2, 0.25) is 0 Å². The Morgan fingerprint density at radius 1 is 1.16 bits per heavy atom. The third-order valence-electron chi connectivity index (χ3n) is 6.31. The Kier molecular flexibility index (Phi) is 8.94. The highest BCUT2D eigenvalue weighted by molar-refractivity contribution is 5.98. The molecule has 32 heavy (non-hydrogen) atoms. The zero-order valence-electron chi connectivity index (χ0n) is 19.3. The molecule has 0 radical (unpaired) electrons. The van der Waals surface area contributed by atoms with Crippen molar-refractivity contribution >= 4 is 5.78 Å². The van der Waals surface area contributed by atoms with Gasteiger partial charge in [0, 0.05) is 31.1 Å². The summed E-state index contributed by atoms with van der Waals surface area (Å²) in [6.45, 7) is 3.70. The summed E-state index contributed by atoms with van der Waals surface area (Å²) in [5.41, 5.74) is 6.08. The first-order valence-corrected chi connectivity index (χ1v) is 11.7. The van der Waals surface area contributed by atoms with Gasteiger partial charge in [-0.2, -0.15) is 0 Å². The lowest BCUT2D eigenvalue weighted by molar-refractivity contribution is 0.0906. The number of fused-ring (bicyclic) bond motifs is 1. The molecule has 1 aliphatic carbocycles. The highest BCUT2D eigenvalue weighted by Gasteiger charge is 2.27. The Morgan fingerprint density at radius 3 is 2.75 bits per heavy atom. The lowest BCUT2D eigenvalue weighted by atomic mass is 9.87. The fraction of sp³-hybridized carbons (Fsp3) is 0.500. The molecule has 6 heteroatoms. The Labute approximate surface area is 191 Å². The molecule has 0 amide bonds. The molecule has 0 heterocycles. The number of unbranched alkanes of at least 4 members (excludes halogenated alkanes) is 3. The number of benzene rings is 2. The average molecular weight is 441 g/mol. The van der Waals surface area contributed by atoms with E-state index in [1.165, 1.54) is 19.3 Å². The van der Waals surface area contributed by atoms with Gasteiger partial charge in [0.05, 0.1) is 12.7 Å². The van der Waals surface area contributed by atoms with Crippen LogP contribution in [0.15, 0.2) is 36.4 Å². The third-order valence-corrected chi connectivity index (χ3v) is 6.31. The Bertz CT molecular complexity index is 899. The maximum atomic E-state index is 12.7. The van der Waals surface area contributed by atoms with Crippen LogP contribution in [-0.4, -0.2) is 47.2 Å². The second-order valence-corrected chi connectivity index (χ2v) is 8.50. The Hall–Kier alpha value is -2.57. The minimum Gasteiger partial charge on any atom is -0.504 e. The summed E-state index contributed by atoms with van der Waals surface area (Å²) in [4.78, 5) is 12.7. The van der Waals surface area contributed by atoms with Crippen LogP contribution in [0.3, 0.4) is 0 Å². The number of phenolic OH excluding ortho intramolecular Hbond substituents is 2. The molecule has 0 aliphatic heterocycles. The van der Waals surface area contributed by atoms with Crippen LogP contribution in [0.1, 0.15) is 66.9 Å². The van der Waals surface area contributed by atoms with Crippen LogP contribution in [0.5, 0.6) is 17.2 Å². The maximum absolute atomic E-state index is 12.7. The summed E-state index contributed by atoms with van der Waals surface area (Å²) in [5, 5.41) is 22.3. The van der Waals surface area contributed by atoms with Gasteiger partial charge in [-0.25, -0.2) is 5.01 Å². The van der Waals surface area contributed by atoms with Crippen molar-refractivity contribution < 1.29 is 19.7 Å². The van der Waals surface area contributed by atoms with Crippen molar-refractivity contribution in [2.75, 3.05) is 20.2 Å². The predicted octanol–water partition coefficient (Wildman–Crippen LogP) is 4.62. The van der Waals surface area contributed by atoms with Gasteiger partial charge in [0.25, 0.3) is 0 Å². The maximum Gasteiger partial charge on any atom is 0.167 e. The molecule has 174 valence electrons. The lowest BCUT2D eigenvalue weighted by Crippen LogP contribution is -2.49. The minimum absolute atomic E-state index is 0.0193. The predicted molar refractivity (Wildman–Crippen MR) is 126 cm³/mol. The number of nitrogens with zero attached hydrogens (tertiary/aromatic N) is 1. The van der Waals surface area contributed by atoms with E-state index in [9.17, 15) is 15.0 Å². The monoisotopic (exact) mass is 440 g/mol. The Morgan fingerprint density at radius 2 is 1.97 bits per heavy atom. The fourth-order valence-electron chi connectivity index (χ4n) is 4.49. The van der Waals surface area contributed by atoms with Crippen LogP contribution >= 0.6 is 0 Å². The van der Waals surface area contributed by atoms with Crippen molar-refractivity contribution in [1.82, 2.24) is 10.4 Å². The number of Topliss-reactive ketones (excluding diaryl/α,β-unsaturated/α-hetero) is 1. The van der Waals surface area contributed by atoms with Gasteiger partial charge >= 0.3 is 0 Å². The largest absolute Gasteiger partial charge is 0.504 e. The molecule has 3 N–H and O–H groups in total. The quantitative estimate of drug-likeness (QED) is 0.193. The summed E-state index contributed by atoms with van der Waals surface area (Å²) >= 11 is 0. The van der Waals surface area contributed by atoms with E-state index >= 15 is 0 Å². The van der Waals surface area contributed by atoms with Crippen LogP contribution in [0, 0.1) is 0 Å². The van der Waals surface area contributed by atoms with Crippen LogP contribution in [0.4, 0.5) is 0 Å². The highest BCUT2D eigenvalue weighted by Crippen LogP contribution is 2.36. The highest BCUT2D eigenvalue weighted by atomic mass is 16.5. The van der Waals surface area contributed by atoms with E-state index in [4.69, 9.17) is 4.74 Å². The molecular formula is C26H36N2O4. The molecule has 1 atom stereocenters. The molecular weight excluding hydrogens is 404 g/mol. The number of aromatic hydroxyl groups is 2. The molecule has 0 fully saturated rings. The van der Waals surface area contributed by atoms with Gasteiger partial charge in [-0.3, -0.25) is 10.2 Å². The molecule has 6 nitrogen and oxygen atoms in total. The molecule has 1 aliphatic rings. The first kappa shape index (κ1) is 24.1. The van der Waals surface area contributed by atoms with Crippen molar-refractivity contribution in [3.63, 3.8) is 0 Å². The molecule has 0 spiro atoms. The number of para-hydroxylation sites is 1. The number of ether oxygens (including phenoxy) is 1. The number of hydrogen-bond acceptors (Lipinski definition) is 6. The first-order valence-electron chi connectivity index (χ1n) is 11.7.